The van der Waals surface area contributed by atoms with Crippen molar-refractivity contribution >= 4 is 23.4 Å². The standard InChI is InChI=1S/C19H22F3N5S.C8H17F/c20-19(21,22)15-13(4-3-9-24-15)28-17-16(23)26-14(12-25-17)27-10-7-18(8-11-27)5-1-2-6-18;1-4-7(2)5-6-8(3)9/h3-4,9,12H,1-2,5-8,10-11H2,(H2,23,26);7-8H,4-6H2,1-3H3. The first-order valence-corrected chi connectivity index (χ1v) is 14.1. The smallest absolute Gasteiger partial charge is 0.381 e. The van der Waals surface area contributed by atoms with Crippen molar-refractivity contribution in [2.24, 2.45) is 11.3 Å². The number of rotatable bonds is 7. The van der Waals surface area contributed by atoms with Gasteiger partial charge in [-0.15, -0.1) is 0 Å². The molecule has 2 fully saturated rings. The van der Waals surface area contributed by atoms with Crippen LogP contribution in [0.5, 0.6) is 0 Å². The second-order valence-electron chi connectivity index (χ2n) is 10.4. The molecule has 1 aliphatic heterocycles. The van der Waals surface area contributed by atoms with Crippen LogP contribution < -0.4 is 10.6 Å². The first-order valence-electron chi connectivity index (χ1n) is 13.2. The Morgan fingerprint density at radius 1 is 1.08 bits per heavy atom. The van der Waals surface area contributed by atoms with Gasteiger partial charge in [0.15, 0.2) is 11.5 Å². The molecule has 2 atom stereocenters. The van der Waals surface area contributed by atoms with E-state index in [-0.39, 0.29) is 15.7 Å². The number of piperidine rings is 1. The summed E-state index contributed by atoms with van der Waals surface area (Å²) in [5, 5.41) is 0.256. The van der Waals surface area contributed by atoms with Gasteiger partial charge < -0.3 is 10.6 Å². The summed E-state index contributed by atoms with van der Waals surface area (Å²) in [6, 6.07) is 2.82. The summed E-state index contributed by atoms with van der Waals surface area (Å²) in [4.78, 5) is 14.3. The number of anilines is 2. The van der Waals surface area contributed by atoms with Gasteiger partial charge in [0, 0.05) is 24.2 Å². The van der Waals surface area contributed by atoms with Gasteiger partial charge in [-0.25, -0.2) is 14.4 Å². The van der Waals surface area contributed by atoms with Crippen LogP contribution in [-0.2, 0) is 6.18 Å². The van der Waals surface area contributed by atoms with E-state index in [1.54, 1.807) is 13.1 Å². The van der Waals surface area contributed by atoms with Crippen LogP contribution in [0.3, 0.4) is 0 Å². The number of pyridine rings is 1. The molecule has 3 heterocycles. The van der Waals surface area contributed by atoms with Gasteiger partial charge in [-0.2, -0.15) is 13.2 Å². The first kappa shape index (κ1) is 29.5. The zero-order valence-electron chi connectivity index (χ0n) is 22.0. The fraction of sp³-hybridized carbons (Fsp3) is 0.667. The number of aromatic nitrogens is 3. The number of hydrogen-bond acceptors (Lipinski definition) is 6. The topological polar surface area (TPSA) is 67.9 Å². The lowest BCUT2D eigenvalue weighted by molar-refractivity contribution is -0.143. The van der Waals surface area contributed by atoms with E-state index in [2.05, 4.69) is 33.7 Å². The Labute approximate surface area is 222 Å². The molecule has 10 heteroatoms. The molecule has 2 aromatic rings. The lowest BCUT2D eigenvalue weighted by Crippen LogP contribution is -2.39. The van der Waals surface area contributed by atoms with Crippen molar-refractivity contribution in [3.63, 3.8) is 0 Å². The molecule has 2 aliphatic rings. The zero-order valence-corrected chi connectivity index (χ0v) is 22.8. The third kappa shape index (κ3) is 8.45. The van der Waals surface area contributed by atoms with Gasteiger partial charge >= 0.3 is 6.18 Å². The van der Waals surface area contributed by atoms with Gasteiger partial charge in [-0.3, -0.25) is 4.98 Å². The highest BCUT2D eigenvalue weighted by atomic mass is 32.2. The average Bonchev–Trinajstić information content (AvgIpc) is 3.32. The monoisotopic (exact) mass is 541 g/mol. The Kier molecular flexibility index (Phi) is 10.4. The quantitative estimate of drug-likeness (QED) is 0.359. The number of nitrogen functional groups attached to an aromatic ring is 1. The maximum Gasteiger partial charge on any atom is 0.434 e. The second kappa shape index (κ2) is 13.1. The summed E-state index contributed by atoms with van der Waals surface area (Å²) in [5.41, 5.74) is 5.59. The minimum atomic E-state index is -4.53. The SMILES string of the molecule is CCC(C)CCC(C)F.Nc1nc(N2CCC3(CCCC3)CC2)cnc1Sc1cccnc1C(F)(F)F. The Morgan fingerprint density at radius 3 is 2.32 bits per heavy atom. The fourth-order valence-electron chi connectivity index (χ4n) is 4.96. The summed E-state index contributed by atoms with van der Waals surface area (Å²) in [7, 11) is 0. The molecule has 206 valence electrons. The molecule has 0 bridgehead atoms. The Morgan fingerprint density at radius 2 is 1.76 bits per heavy atom. The van der Waals surface area contributed by atoms with Crippen LogP contribution >= 0.6 is 11.8 Å². The van der Waals surface area contributed by atoms with Gasteiger partial charge in [0.05, 0.1) is 12.4 Å². The third-order valence-electron chi connectivity index (χ3n) is 7.56. The van der Waals surface area contributed by atoms with E-state index in [0.29, 0.717) is 17.2 Å². The van der Waals surface area contributed by atoms with E-state index in [9.17, 15) is 17.6 Å². The van der Waals surface area contributed by atoms with E-state index in [4.69, 9.17) is 5.73 Å². The lowest BCUT2D eigenvalue weighted by atomic mass is 9.77. The number of halogens is 4. The van der Waals surface area contributed by atoms with Crippen LogP contribution in [0.25, 0.3) is 0 Å². The molecule has 4 rings (SSSR count). The van der Waals surface area contributed by atoms with Crippen LogP contribution in [0.2, 0.25) is 0 Å². The van der Waals surface area contributed by atoms with Crippen molar-refractivity contribution in [3.05, 3.63) is 30.2 Å². The minimum Gasteiger partial charge on any atom is -0.381 e. The van der Waals surface area contributed by atoms with Gasteiger partial charge in [0.2, 0.25) is 0 Å². The van der Waals surface area contributed by atoms with Crippen molar-refractivity contribution < 1.29 is 17.6 Å². The van der Waals surface area contributed by atoms with Crippen LogP contribution in [0.1, 0.15) is 84.3 Å². The molecule has 2 N–H and O–H groups in total. The molecule has 0 amide bonds. The Hall–Kier alpha value is -2.10. The third-order valence-corrected chi connectivity index (χ3v) is 8.62. The van der Waals surface area contributed by atoms with E-state index in [1.165, 1.54) is 44.2 Å². The average molecular weight is 542 g/mol. The van der Waals surface area contributed by atoms with Crippen molar-refractivity contribution in [3.8, 4) is 0 Å². The maximum absolute atomic E-state index is 13.1. The lowest BCUT2D eigenvalue weighted by Gasteiger charge is -2.39. The van der Waals surface area contributed by atoms with Crippen LogP contribution in [0, 0.1) is 11.3 Å². The molecule has 2 aromatic heterocycles. The highest BCUT2D eigenvalue weighted by Gasteiger charge is 2.38. The van der Waals surface area contributed by atoms with Crippen molar-refractivity contribution in [1.82, 2.24) is 15.0 Å². The number of nitrogens with zero attached hydrogens (tertiary/aromatic N) is 4. The molecule has 1 spiro atoms. The summed E-state index contributed by atoms with van der Waals surface area (Å²) in [6.07, 6.45) is 8.11. The van der Waals surface area contributed by atoms with Crippen molar-refractivity contribution in [2.45, 2.75) is 101 Å². The summed E-state index contributed by atoms with van der Waals surface area (Å²) < 4.78 is 51.6. The van der Waals surface area contributed by atoms with Crippen LogP contribution in [-0.4, -0.2) is 34.2 Å². The molecule has 1 saturated carbocycles. The zero-order chi connectivity index (χ0) is 27.1. The largest absolute Gasteiger partial charge is 0.434 e. The maximum atomic E-state index is 13.1. The molecule has 1 aliphatic carbocycles. The Balaban J connectivity index is 0.000000364. The number of hydrogen-bond donors (Lipinski definition) is 1. The van der Waals surface area contributed by atoms with Crippen molar-refractivity contribution in [1.29, 1.82) is 0 Å². The number of nitrogens with two attached hydrogens (primary N) is 1. The Bertz CT molecular complexity index is 985. The molecule has 2 unspecified atom stereocenters. The fourth-order valence-corrected chi connectivity index (χ4v) is 5.83. The predicted octanol–water partition coefficient (Wildman–Crippen LogP) is 7.96. The van der Waals surface area contributed by atoms with Gasteiger partial charge in [-0.1, -0.05) is 44.9 Å². The number of alkyl halides is 4. The second-order valence-corrected chi connectivity index (χ2v) is 11.5. The summed E-state index contributed by atoms with van der Waals surface area (Å²) in [6.45, 7) is 7.78. The first-order chi connectivity index (χ1) is 17.5. The minimum absolute atomic E-state index is 0.0371. The molecule has 5 nitrogen and oxygen atoms in total. The van der Waals surface area contributed by atoms with E-state index in [0.717, 1.165) is 56.7 Å². The predicted molar refractivity (Wildman–Crippen MR) is 141 cm³/mol. The molecule has 37 heavy (non-hydrogen) atoms. The van der Waals surface area contributed by atoms with Crippen molar-refractivity contribution in [2.75, 3.05) is 23.7 Å². The molecular formula is C27H39F4N5S. The molecule has 0 aromatic carbocycles. The van der Waals surface area contributed by atoms with Crippen LogP contribution in [0.15, 0.2) is 34.4 Å². The van der Waals surface area contributed by atoms with Crippen LogP contribution in [0.4, 0.5) is 29.2 Å². The van der Waals surface area contributed by atoms with Gasteiger partial charge in [-0.05, 0) is 68.9 Å². The van der Waals surface area contributed by atoms with Gasteiger partial charge in [0.25, 0.3) is 0 Å². The summed E-state index contributed by atoms with van der Waals surface area (Å²) >= 11 is 0.839. The summed E-state index contributed by atoms with van der Waals surface area (Å²) in [5.74, 6) is 1.53. The highest BCUT2D eigenvalue weighted by Crippen LogP contribution is 2.46. The van der Waals surface area contributed by atoms with E-state index in [1.807, 2.05) is 0 Å². The molecular weight excluding hydrogens is 502 g/mol. The normalized spacial score (nSPS) is 18.8. The van der Waals surface area contributed by atoms with Gasteiger partial charge in [0.1, 0.15) is 10.8 Å². The molecule has 0 radical (unpaired) electrons. The van der Waals surface area contributed by atoms with E-state index < -0.39 is 18.0 Å². The highest BCUT2D eigenvalue weighted by molar-refractivity contribution is 7.99. The molecule has 1 saturated heterocycles. The van der Waals surface area contributed by atoms with E-state index >= 15 is 0 Å².